The topological polar surface area (TPSA) is 63.5 Å². The molecule has 0 saturated heterocycles. The molecular formula is C27H22ClF3NO4-. The maximum absolute atomic E-state index is 13.5. The molecule has 4 rings (SSSR count). The van der Waals surface area contributed by atoms with E-state index in [0.29, 0.717) is 44.4 Å². The minimum absolute atomic E-state index is 0.201. The lowest BCUT2D eigenvalue weighted by Crippen LogP contribution is -2.39. The summed E-state index contributed by atoms with van der Waals surface area (Å²) in [5.74, 6) is -0.0775. The van der Waals surface area contributed by atoms with Crippen LogP contribution in [0.3, 0.4) is 0 Å². The smallest absolute Gasteiger partial charge is 0.416 e. The van der Waals surface area contributed by atoms with Gasteiger partial charge in [0.15, 0.2) is 5.75 Å². The third kappa shape index (κ3) is 5.44. The lowest BCUT2D eigenvalue weighted by molar-refractivity contribution is -0.313. The first-order chi connectivity index (χ1) is 17.1. The van der Waals surface area contributed by atoms with Gasteiger partial charge in [-0.05, 0) is 73.5 Å². The molecule has 0 spiro atoms. The highest BCUT2D eigenvalue weighted by Crippen LogP contribution is 2.40. The summed E-state index contributed by atoms with van der Waals surface area (Å²) in [7, 11) is 0. The predicted molar refractivity (Wildman–Crippen MR) is 128 cm³/mol. The van der Waals surface area contributed by atoms with E-state index >= 15 is 0 Å². The molecule has 0 aliphatic rings. The summed E-state index contributed by atoms with van der Waals surface area (Å²) in [5.41, 5.74) is 0.894. The van der Waals surface area contributed by atoms with Gasteiger partial charge in [0.2, 0.25) is 0 Å². The molecule has 0 aliphatic carbocycles. The average molecular weight is 517 g/mol. The summed E-state index contributed by atoms with van der Waals surface area (Å²) in [4.78, 5) is 11.2. The van der Waals surface area contributed by atoms with Crippen molar-refractivity contribution in [1.29, 1.82) is 0 Å². The SMILES string of the molecule is CCC(Oc1cccc(Cn2c(C)c(Oc3ccc(Cl)cc3)c3ccc(C(F)(F)F)cc32)c1)C(=O)[O-]. The van der Waals surface area contributed by atoms with Crippen LogP contribution in [0.25, 0.3) is 10.9 Å². The van der Waals surface area contributed by atoms with Crippen LogP contribution in [0.4, 0.5) is 13.2 Å². The van der Waals surface area contributed by atoms with Crippen LogP contribution in [0.1, 0.15) is 30.2 Å². The van der Waals surface area contributed by atoms with Crippen LogP contribution in [-0.2, 0) is 17.5 Å². The normalized spacial score (nSPS) is 12.5. The van der Waals surface area contributed by atoms with Crippen LogP contribution in [0.5, 0.6) is 17.2 Å². The second-order valence-corrected chi connectivity index (χ2v) is 8.70. The number of benzene rings is 3. The molecule has 188 valence electrons. The number of carbonyl (C=O) groups excluding carboxylic acids is 1. The zero-order valence-electron chi connectivity index (χ0n) is 19.4. The van der Waals surface area contributed by atoms with Gasteiger partial charge in [0.05, 0.1) is 22.7 Å². The summed E-state index contributed by atoms with van der Waals surface area (Å²) < 4.78 is 53.9. The molecule has 1 heterocycles. The van der Waals surface area contributed by atoms with Gasteiger partial charge in [-0.15, -0.1) is 0 Å². The first-order valence-corrected chi connectivity index (χ1v) is 11.5. The van der Waals surface area contributed by atoms with Crippen molar-refractivity contribution < 1.29 is 32.5 Å². The summed E-state index contributed by atoms with van der Waals surface area (Å²) in [6.45, 7) is 3.63. The molecular weight excluding hydrogens is 495 g/mol. The number of aliphatic carboxylic acids is 1. The Morgan fingerprint density at radius 3 is 2.42 bits per heavy atom. The van der Waals surface area contributed by atoms with E-state index in [0.717, 1.165) is 12.1 Å². The number of ether oxygens (including phenoxy) is 2. The van der Waals surface area contributed by atoms with E-state index in [1.54, 1.807) is 66.9 Å². The van der Waals surface area contributed by atoms with Gasteiger partial charge < -0.3 is 23.9 Å². The van der Waals surface area contributed by atoms with E-state index in [1.165, 1.54) is 6.07 Å². The molecule has 1 atom stereocenters. The zero-order chi connectivity index (χ0) is 26.0. The van der Waals surface area contributed by atoms with Gasteiger partial charge in [0.25, 0.3) is 0 Å². The average Bonchev–Trinajstić information content (AvgIpc) is 3.08. The quantitative estimate of drug-likeness (QED) is 0.273. The lowest BCUT2D eigenvalue weighted by atomic mass is 10.1. The van der Waals surface area contributed by atoms with Crippen molar-refractivity contribution in [2.75, 3.05) is 0 Å². The van der Waals surface area contributed by atoms with Gasteiger partial charge >= 0.3 is 6.18 Å². The van der Waals surface area contributed by atoms with Crippen LogP contribution in [-0.4, -0.2) is 16.6 Å². The van der Waals surface area contributed by atoms with Crippen molar-refractivity contribution in [3.8, 4) is 17.2 Å². The van der Waals surface area contributed by atoms with Crippen molar-refractivity contribution >= 4 is 28.5 Å². The van der Waals surface area contributed by atoms with E-state index < -0.39 is 23.8 Å². The van der Waals surface area contributed by atoms with E-state index in [1.807, 2.05) is 0 Å². The molecule has 0 aliphatic heterocycles. The molecule has 0 amide bonds. The number of carboxylic acid groups (broad SMARTS) is 1. The van der Waals surface area contributed by atoms with Crippen LogP contribution in [0, 0.1) is 6.92 Å². The number of alkyl halides is 3. The third-order valence-electron chi connectivity index (χ3n) is 5.78. The Morgan fingerprint density at radius 2 is 1.78 bits per heavy atom. The molecule has 5 nitrogen and oxygen atoms in total. The number of nitrogens with zero attached hydrogens (tertiary/aromatic N) is 1. The second kappa shape index (κ2) is 10.1. The van der Waals surface area contributed by atoms with Crippen LogP contribution in [0.15, 0.2) is 66.7 Å². The van der Waals surface area contributed by atoms with Crippen molar-refractivity contribution in [3.05, 3.63) is 88.6 Å². The first-order valence-electron chi connectivity index (χ1n) is 11.2. The van der Waals surface area contributed by atoms with Gasteiger partial charge in [0.1, 0.15) is 17.6 Å². The largest absolute Gasteiger partial charge is 0.546 e. The number of fused-ring (bicyclic) bond motifs is 1. The molecule has 1 unspecified atom stereocenters. The van der Waals surface area contributed by atoms with Crippen LogP contribution < -0.4 is 14.6 Å². The standard InChI is InChI=1S/C27H23ClF3NO4/c1-3-24(26(33)34)35-21-6-4-5-17(13-21)15-32-16(2)25(36-20-10-8-19(28)9-11-20)22-12-7-18(14-23(22)32)27(29,30)31/h4-14,24H,3,15H2,1-2H3,(H,33,34)/p-1. The summed E-state index contributed by atoms with van der Waals surface area (Å²) >= 11 is 5.95. The molecule has 0 radical (unpaired) electrons. The highest BCUT2D eigenvalue weighted by molar-refractivity contribution is 6.30. The van der Waals surface area contributed by atoms with Gasteiger partial charge in [-0.1, -0.05) is 30.7 Å². The molecule has 0 N–H and O–H groups in total. The van der Waals surface area contributed by atoms with Crippen molar-refractivity contribution in [2.45, 2.75) is 39.1 Å². The Balaban J connectivity index is 1.77. The molecule has 0 fully saturated rings. The minimum atomic E-state index is -4.51. The second-order valence-electron chi connectivity index (χ2n) is 8.27. The van der Waals surface area contributed by atoms with Crippen molar-refractivity contribution in [1.82, 2.24) is 4.57 Å². The summed E-state index contributed by atoms with van der Waals surface area (Å²) in [6.07, 6.45) is -5.40. The van der Waals surface area contributed by atoms with E-state index in [4.69, 9.17) is 21.1 Å². The predicted octanol–water partition coefficient (Wildman–Crippen LogP) is 6.37. The molecule has 9 heteroatoms. The number of hydrogen-bond donors (Lipinski definition) is 0. The fourth-order valence-corrected chi connectivity index (χ4v) is 4.06. The maximum Gasteiger partial charge on any atom is 0.416 e. The molecule has 4 aromatic rings. The monoisotopic (exact) mass is 516 g/mol. The molecule has 0 saturated carbocycles. The van der Waals surface area contributed by atoms with Crippen molar-refractivity contribution in [2.24, 2.45) is 0 Å². The maximum atomic E-state index is 13.5. The zero-order valence-corrected chi connectivity index (χ0v) is 20.2. The summed E-state index contributed by atoms with van der Waals surface area (Å²) in [6, 6.07) is 17.0. The fourth-order valence-electron chi connectivity index (χ4n) is 3.94. The molecule has 0 bridgehead atoms. The van der Waals surface area contributed by atoms with E-state index in [2.05, 4.69) is 0 Å². The summed E-state index contributed by atoms with van der Waals surface area (Å²) in [5, 5.41) is 12.3. The highest BCUT2D eigenvalue weighted by Gasteiger charge is 2.31. The molecule has 36 heavy (non-hydrogen) atoms. The van der Waals surface area contributed by atoms with Crippen LogP contribution >= 0.6 is 11.6 Å². The Morgan fingerprint density at radius 1 is 1.06 bits per heavy atom. The number of hydrogen-bond acceptors (Lipinski definition) is 4. The van der Waals surface area contributed by atoms with Gasteiger partial charge in [-0.25, -0.2) is 0 Å². The molecule has 3 aromatic carbocycles. The Labute approximate surface area is 210 Å². The molecule has 1 aromatic heterocycles. The minimum Gasteiger partial charge on any atom is -0.546 e. The fraction of sp³-hybridized carbons (Fsp3) is 0.222. The number of halogens is 4. The Kier molecular flexibility index (Phi) is 7.17. The van der Waals surface area contributed by atoms with E-state index in [-0.39, 0.29) is 13.0 Å². The number of carboxylic acids is 1. The number of aromatic nitrogens is 1. The van der Waals surface area contributed by atoms with Crippen molar-refractivity contribution in [3.63, 3.8) is 0 Å². The van der Waals surface area contributed by atoms with Gasteiger partial charge in [-0.2, -0.15) is 13.2 Å². The lowest BCUT2D eigenvalue weighted by Gasteiger charge is -2.19. The van der Waals surface area contributed by atoms with Gasteiger partial charge in [0, 0.05) is 17.0 Å². The van der Waals surface area contributed by atoms with Gasteiger partial charge in [-0.3, -0.25) is 0 Å². The number of rotatable bonds is 8. The number of carbonyl (C=O) groups is 1. The first kappa shape index (κ1) is 25.4. The highest BCUT2D eigenvalue weighted by atomic mass is 35.5. The van der Waals surface area contributed by atoms with Crippen LogP contribution in [0.2, 0.25) is 5.02 Å². The van der Waals surface area contributed by atoms with E-state index in [9.17, 15) is 23.1 Å². The Hall–Kier alpha value is -3.65. The Bertz CT molecular complexity index is 1400. The third-order valence-corrected chi connectivity index (χ3v) is 6.03.